The lowest BCUT2D eigenvalue weighted by Crippen LogP contribution is -2.11. The molecule has 0 aliphatic rings. The maximum Gasteiger partial charge on any atom is 0.341 e. The van der Waals surface area contributed by atoms with Crippen LogP contribution >= 0.6 is 11.3 Å². The van der Waals surface area contributed by atoms with E-state index in [-0.39, 0.29) is 12.5 Å². The van der Waals surface area contributed by atoms with Gasteiger partial charge >= 0.3 is 5.97 Å². The molecule has 0 unspecified atom stereocenters. The fourth-order valence-corrected chi connectivity index (χ4v) is 4.59. The highest BCUT2D eigenvalue weighted by Gasteiger charge is 2.19. The molecule has 0 bridgehead atoms. The van der Waals surface area contributed by atoms with Crippen molar-refractivity contribution in [2.24, 2.45) is 0 Å². The van der Waals surface area contributed by atoms with E-state index < -0.39 is 5.97 Å². The fraction of sp³-hybridized carbons (Fsp3) is 0.310. The van der Waals surface area contributed by atoms with Gasteiger partial charge in [-0.1, -0.05) is 62.6 Å². The van der Waals surface area contributed by atoms with Crippen molar-refractivity contribution in [3.63, 3.8) is 0 Å². The summed E-state index contributed by atoms with van der Waals surface area (Å²) in [6, 6.07) is 17.0. The number of hydrogen-bond acceptors (Lipinski definition) is 6. The summed E-state index contributed by atoms with van der Waals surface area (Å²) in [5, 5.41) is 3.28. The second-order valence-corrected chi connectivity index (χ2v) is 9.13. The van der Waals surface area contributed by atoms with Gasteiger partial charge in [0.25, 0.3) is 0 Å². The Labute approximate surface area is 216 Å². The first-order chi connectivity index (χ1) is 17.5. The molecule has 1 aromatic heterocycles. The number of carbonyl (C=O) groups excluding carboxylic acids is 2. The van der Waals surface area contributed by atoms with Crippen LogP contribution < -0.4 is 14.8 Å². The van der Waals surface area contributed by atoms with Gasteiger partial charge in [0.2, 0.25) is 5.91 Å². The number of anilines is 1. The number of rotatable bonds is 13. The molecular formula is C29H33NO5S. The van der Waals surface area contributed by atoms with Gasteiger partial charge < -0.3 is 19.5 Å². The highest BCUT2D eigenvalue weighted by Crippen LogP contribution is 2.36. The van der Waals surface area contributed by atoms with Crippen LogP contribution in [0.15, 0.2) is 60.7 Å². The topological polar surface area (TPSA) is 73.9 Å². The van der Waals surface area contributed by atoms with Crippen molar-refractivity contribution >= 4 is 34.3 Å². The van der Waals surface area contributed by atoms with Gasteiger partial charge in [-0.15, -0.1) is 11.3 Å². The molecule has 0 spiro atoms. The van der Waals surface area contributed by atoms with Gasteiger partial charge in [-0.25, -0.2) is 4.79 Å². The Morgan fingerprint density at radius 1 is 0.972 bits per heavy atom. The molecule has 0 aliphatic heterocycles. The SMILES string of the molecule is CCCCCCOc1ccc(/C=C/C(=O)Nc2sc(-c3ccccc3)cc2C(=O)OCC)cc1OC. The smallest absolute Gasteiger partial charge is 0.341 e. The molecule has 36 heavy (non-hydrogen) atoms. The van der Waals surface area contributed by atoms with E-state index in [4.69, 9.17) is 14.2 Å². The second-order valence-electron chi connectivity index (χ2n) is 8.08. The number of carbonyl (C=O) groups is 2. The molecule has 0 atom stereocenters. The first kappa shape index (κ1) is 27.0. The van der Waals surface area contributed by atoms with Gasteiger partial charge in [-0.2, -0.15) is 0 Å². The Morgan fingerprint density at radius 3 is 2.50 bits per heavy atom. The summed E-state index contributed by atoms with van der Waals surface area (Å²) in [7, 11) is 1.59. The molecule has 3 aromatic rings. The number of esters is 1. The van der Waals surface area contributed by atoms with Crippen LogP contribution in [-0.2, 0) is 9.53 Å². The third-order valence-corrected chi connectivity index (χ3v) is 6.49. The van der Waals surface area contributed by atoms with Crippen molar-refractivity contribution in [1.82, 2.24) is 0 Å². The van der Waals surface area contributed by atoms with E-state index in [0.717, 1.165) is 28.8 Å². The summed E-state index contributed by atoms with van der Waals surface area (Å²) in [4.78, 5) is 26.1. The molecule has 7 heteroatoms. The normalized spacial score (nSPS) is 10.9. The minimum absolute atomic E-state index is 0.253. The molecule has 1 N–H and O–H groups in total. The highest BCUT2D eigenvalue weighted by molar-refractivity contribution is 7.20. The van der Waals surface area contributed by atoms with E-state index in [2.05, 4.69) is 12.2 Å². The number of methoxy groups -OCH3 is 1. The maximum absolute atomic E-state index is 12.7. The molecule has 1 amide bonds. The van der Waals surface area contributed by atoms with E-state index >= 15 is 0 Å². The summed E-state index contributed by atoms with van der Waals surface area (Å²) in [5.41, 5.74) is 2.09. The van der Waals surface area contributed by atoms with Crippen LogP contribution in [0, 0.1) is 0 Å². The van der Waals surface area contributed by atoms with Crippen LogP contribution in [-0.4, -0.2) is 32.2 Å². The average molecular weight is 508 g/mol. The van der Waals surface area contributed by atoms with Crippen molar-refractivity contribution in [3.05, 3.63) is 71.8 Å². The zero-order valence-electron chi connectivity index (χ0n) is 21.0. The maximum atomic E-state index is 12.7. The van der Waals surface area contributed by atoms with Crippen LogP contribution in [0.25, 0.3) is 16.5 Å². The summed E-state index contributed by atoms with van der Waals surface area (Å²) in [6.07, 6.45) is 7.65. The third-order valence-electron chi connectivity index (χ3n) is 5.39. The van der Waals surface area contributed by atoms with Crippen LogP contribution in [0.2, 0.25) is 0 Å². The van der Waals surface area contributed by atoms with Crippen LogP contribution in [0.5, 0.6) is 11.5 Å². The van der Waals surface area contributed by atoms with E-state index in [1.54, 1.807) is 26.2 Å². The predicted octanol–water partition coefficient (Wildman–Crippen LogP) is 7.21. The fourth-order valence-electron chi connectivity index (χ4n) is 3.53. The standard InChI is InChI=1S/C29H33NO5S/c1-4-6-7-11-18-35-24-16-14-21(19-25(24)33-3)15-17-27(31)30-28-23(29(32)34-5-2)20-26(36-28)22-12-9-8-10-13-22/h8-10,12-17,19-20H,4-7,11,18H2,1-3H3,(H,30,31)/b17-15+. The van der Waals surface area contributed by atoms with Crippen LogP contribution in [0.4, 0.5) is 5.00 Å². The molecule has 190 valence electrons. The molecule has 0 saturated heterocycles. The monoisotopic (exact) mass is 507 g/mol. The molecule has 0 radical (unpaired) electrons. The number of thiophene rings is 1. The molecule has 3 rings (SSSR count). The Bertz CT molecular complexity index is 1170. The van der Waals surface area contributed by atoms with Gasteiger partial charge in [-0.05, 0) is 48.7 Å². The molecule has 2 aromatic carbocycles. The minimum Gasteiger partial charge on any atom is -0.493 e. The van der Waals surface area contributed by atoms with Gasteiger partial charge in [0.15, 0.2) is 11.5 Å². The number of amides is 1. The molecule has 0 aliphatic carbocycles. The molecule has 0 fully saturated rings. The van der Waals surface area contributed by atoms with Gasteiger partial charge in [-0.3, -0.25) is 4.79 Å². The quantitative estimate of drug-likeness (QED) is 0.150. The minimum atomic E-state index is -0.467. The Kier molecular flexibility index (Phi) is 10.6. The Morgan fingerprint density at radius 2 is 1.78 bits per heavy atom. The van der Waals surface area contributed by atoms with Crippen LogP contribution in [0.1, 0.15) is 55.5 Å². The largest absolute Gasteiger partial charge is 0.493 e. The average Bonchev–Trinajstić information content (AvgIpc) is 3.32. The first-order valence-corrected chi connectivity index (χ1v) is 13.0. The van der Waals surface area contributed by atoms with Crippen molar-refractivity contribution in [1.29, 1.82) is 0 Å². The summed E-state index contributed by atoms with van der Waals surface area (Å²) >= 11 is 1.33. The highest BCUT2D eigenvalue weighted by atomic mass is 32.1. The summed E-state index contributed by atoms with van der Waals surface area (Å²) < 4.78 is 16.5. The van der Waals surface area contributed by atoms with Crippen molar-refractivity contribution < 1.29 is 23.8 Å². The third kappa shape index (κ3) is 7.71. The molecule has 1 heterocycles. The molecule has 6 nitrogen and oxygen atoms in total. The van der Waals surface area contributed by atoms with E-state index in [9.17, 15) is 9.59 Å². The number of hydrogen-bond donors (Lipinski definition) is 1. The Balaban J connectivity index is 1.70. The van der Waals surface area contributed by atoms with Gasteiger partial charge in [0.05, 0.1) is 25.9 Å². The number of nitrogens with one attached hydrogen (secondary N) is 1. The van der Waals surface area contributed by atoms with E-state index in [0.29, 0.717) is 28.7 Å². The number of ether oxygens (including phenoxy) is 3. The number of benzene rings is 2. The number of unbranched alkanes of at least 4 members (excludes halogenated alkanes) is 3. The van der Waals surface area contributed by atoms with E-state index in [1.807, 2.05) is 48.5 Å². The first-order valence-electron chi connectivity index (χ1n) is 12.2. The van der Waals surface area contributed by atoms with Crippen LogP contribution in [0.3, 0.4) is 0 Å². The lowest BCUT2D eigenvalue weighted by molar-refractivity contribution is -0.111. The van der Waals surface area contributed by atoms with Crippen molar-refractivity contribution in [3.8, 4) is 21.9 Å². The van der Waals surface area contributed by atoms with Gasteiger partial charge in [0, 0.05) is 11.0 Å². The van der Waals surface area contributed by atoms with Crippen molar-refractivity contribution in [2.45, 2.75) is 39.5 Å². The lowest BCUT2D eigenvalue weighted by atomic mass is 10.1. The van der Waals surface area contributed by atoms with E-state index in [1.165, 1.54) is 30.3 Å². The lowest BCUT2D eigenvalue weighted by Gasteiger charge is -2.11. The van der Waals surface area contributed by atoms with Crippen molar-refractivity contribution in [2.75, 3.05) is 25.6 Å². The predicted molar refractivity (Wildman–Crippen MR) is 146 cm³/mol. The summed E-state index contributed by atoms with van der Waals surface area (Å²) in [5.74, 6) is 0.479. The Hall–Kier alpha value is -3.58. The molecule has 0 saturated carbocycles. The zero-order valence-corrected chi connectivity index (χ0v) is 21.9. The zero-order chi connectivity index (χ0) is 25.8. The van der Waals surface area contributed by atoms with Gasteiger partial charge in [0.1, 0.15) is 5.00 Å². The summed E-state index contributed by atoms with van der Waals surface area (Å²) in [6.45, 7) is 4.82. The molecular weight excluding hydrogens is 474 g/mol. The second kappa shape index (κ2) is 14.1.